The van der Waals surface area contributed by atoms with Crippen molar-refractivity contribution in [2.24, 2.45) is 0 Å². The number of hydrogen-bond donors (Lipinski definition) is 0. The van der Waals surface area contributed by atoms with Gasteiger partial charge in [-0.1, -0.05) is 32.6 Å². The van der Waals surface area contributed by atoms with Crippen molar-refractivity contribution in [1.29, 1.82) is 0 Å². The van der Waals surface area contributed by atoms with Gasteiger partial charge < -0.3 is 0 Å². The lowest BCUT2D eigenvalue weighted by Gasteiger charge is -1.98. The molecule has 0 radical (unpaired) electrons. The van der Waals surface area contributed by atoms with Gasteiger partial charge >= 0.3 is 5.97 Å². The van der Waals surface area contributed by atoms with Crippen molar-refractivity contribution in [3.8, 4) is 0 Å². The second-order valence-corrected chi connectivity index (χ2v) is 2.95. The Hall–Kier alpha value is -0.0900. The molecule has 0 spiro atoms. The maximum absolute atomic E-state index is 10.7. The van der Waals surface area contributed by atoms with Crippen LogP contribution in [0.1, 0.15) is 45.4 Å². The average molecular weight is 239 g/mol. The highest BCUT2D eigenvalue weighted by atomic mass is 79.9. The molecule has 0 fully saturated rings. The van der Waals surface area contributed by atoms with E-state index in [2.05, 4.69) is 32.0 Å². The summed E-state index contributed by atoms with van der Waals surface area (Å²) in [6.45, 7) is 2.16. The molecule has 0 unspecified atom stereocenters. The van der Waals surface area contributed by atoms with E-state index >= 15 is 0 Å². The van der Waals surface area contributed by atoms with Gasteiger partial charge in [0.2, 0.25) is 0 Å². The van der Waals surface area contributed by atoms with E-state index in [4.69, 9.17) is 0 Å². The number of unbranched alkanes of at least 4 members (excludes halogenated alkanes) is 4. The molecule has 4 heteroatoms. The first-order valence-corrected chi connectivity index (χ1v) is 4.94. The molecule has 0 bridgehead atoms. The van der Waals surface area contributed by atoms with Crippen molar-refractivity contribution >= 4 is 22.2 Å². The summed E-state index contributed by atoms with van der Waals surface area (Å²) in [5, 5.41) is 0. The molecule has 0 aliphatic carbocycles. The lowest BCUT2D eigenvalue weighted by molar-refractivity contribution is -0.201. The Morgan fingerprint density at radius 1 is 1.25 bits per heavy atom. The summed E-state index contributed by atoms with van der Waals surface area (Å²) in [7, 11) is 0. The second kappa shape index (κ2) is 9.00. The van der Waals surface area contributed by atoms with Crippen molar-refractivity contribution < 1.29 is 13.7 Å². The summed E-state index contributed by atoms with van der Waals surface area (Å²) in [5.41, 5.74) is 0. The van der Waals surface area contributed by atoms with E-state index < -0.39 is 0 Å². The number of hydrogen-bond acceptors (Lipinski definition) is 3. The summed E-state index contributed by atoms with van der Waals surface area (Å²) in [4.78, 5) is 14.9. The Morgan fingerprint density at radius 3 is 2.50 bits per heavy atom. The smallest absolute Gasteiger partial charge is 0.286 e. The van der Waals surface area contributed by atoms with Crippen molar-refractivity contribution in [3.05, 3.63) is 0 Å². The molecule has 72 valence electrons. The van der Waals surface area contributed by atoms with Gasteiger partial charge in [-0.05, 0) is 6.42 Å². The van der Waals surface area contributed by atoms with Crippen LogP contribution in [0, 0.1) is 0 Å². The zero-order valence-corrected chi connectivity index (χ0v) is 8.93. The summed E-state index contributed by atoms with van der Waals surface area (Å²) in [6.07, 6.45) is 6.06. The predicted molar refractivity (Wildman–Crippen MR) is 49.5 cm³/mol. The minimum absolute atomic E-state index is 0.316. The SMILES string of the molecule is CCCCCCCC(=O)OOBr. The molecule has 0 saturated heterocycles. The van der Waals surface area contributed by atoms with Gasteiger partial charge in [0.05, 0.1) is 0 Å². The highest BCUT2D eigenvalue weighted by Gasteiger charge is 2.01. The van der Waals surface area contributed by atoms with Gasteiger partial charge in [-0.25, -0.2) is 4.79 Å². The van der Waals surface area contributed by atoms with Crippen LogP contribution in [0.25, 0.3) is 0 Å². The van der Waals surface area contributed by atoms with Crippen LogP contribution in [0.3, 0.4) is 0 Å². The molecule has 0 aliphatic heterocycles. The van der Waals surface area contributed by atoms with Gasteiger partial charge in [0, 0.05) is 6.42 Å². The van der Waals surface area contributed by atoms with Crippen LogP contribution in [0.15, 0.2) is 0 Å². The van der Waals surface area contributed by atoms with Crippen molar-refractivity contribution in [3.63, 3.8) is 0 Å². The number of rotatable bonds is 7. The molecular formula is C8H15BrO3. The minimum atomic E-state index is -0.316. The highest BCUT2D eigenvalue weighted by Crippen LogP contribution is 2.06. The fourth-order valence-electron chi connectivity index (χ4n) is 0.950. The number of carbonyl (C=O) groups excluding carboxylic acids is 1. The van der Waals surface area contributed by atoms with Crippen LogP contribution in [0.4, 0.5) is 0 Å². The van der Waals surface area contributed by atoms with Crippen LogP contribution >= 0.6 is 16.3 Å². The molecular weight excluding hydrogens is 224 g/mol. The Labute approximate surface area is 81.8 Å². The van der Waals surface area contributed by atoms with E-state index in [1.165, 1.54) is 19.3 Å². The van der Waals surface area contributed by atoms with E-state index in [0.717, 1.165) is 12.8 Å². The fraction of sp³-hybridized carbons (Fsp3) is 0.875. The topological polar surface area (TPSA) is 35.5 Å². The molecule has 0 atom stereocenters. The van der Waals surface area contributed by atoms with Gasteiger partial charge in [0.1, 0.15) is 0 Å². The van der Waals surface area contributed by atoms with Gasteiger partial charge in [-0.3, -0.25) is 4.89 Å². The van der Waals surface area contributed by atoms with Crippen LogP contribution in [0.2, 0.25) is 0 Å². The summed E-state index contributed by atoms with van der Waals surface area (Å²) < 4.78 is 4.04. The minimum Gasteiger partial charge on any atom is -0.286 e. The molecule has 0 aromatic heterocycles. The van der Waals surface area contributed by atoms with E-state index in [1.54, 1.807) is 0 Å². The molecule has 0 saturated carbocycles. The predicted octanol–water partition coefficient (Wildman–Crippen LogP) is 3.13. The molecule has 0 amide bonds. The molecule has 0 aromatic rings. The molecule has 0 N–H and O–H groups in total. The second-order valence-electron chi connectivity index (χ2n) is 2.68. The van der Waals surface area contributed by atoms with E-state index in [1.807, 2.05) is 0 Å². The zero-order valence-electron chi connectivity index (χ0n) is 7.35. The summed E-state index contributed by atoms with van der Waals surface area (Å²) in [5.74, 6) is -0.316. The summed E-state index contributed by atoms with van der Waals surface area (Å²) in [6, 6.07) is 0. The Balaban J connectivity index is 3.03. The fourth-order valence-corrected chi connectivity index (χ4v) is 1.10. The standard InChI is InChI=1S/C8H15BrO3/c1-2-3-4-5-6-7-8(10)11-12-9/h2-7H2,1H3. The van der Waals surface area contributed by atoms with Crippen molar-refractivity contribution in [2.75, 3.05) is 0 Å². The number of carbonyl (C=O) groups is 1. The van der Waals surface area contributed by atoms with Gasteiger partial charge in [0.25, 0.3) is 0 Å². The van der Waals surface area contributed by atoms with Crippen molar-refractivity contribution in [2.45, 2.75) is 45.4 Å². The van der Waals surface area contributed by atoms with Crippen LogP contribution in [-0.2, 0) is 13.7 Å². The first-order chi connectivity index (χ1) is 5.81. The largest absolute Gasteiger partial charge is 0.343 e. The Kier molecular flexibility index (Phi) is 8.93. The quantitative estimate of drug-likeness (QED) is 0.389. The molecule has 0 aromatic carbocycles. The third-order valence-electron chi connectivity index (χ3n) is 1.61. The Bertz CT molecular complexity index is 117. The lowest BCUT2D eigenvalue weighted by Crippen LogP contribution is -2.00. The van der Waals surface area contributed by atoms with Crippen LogP contribution < -0.4 is 0 Å². The monoisotopic (exact) mass is 238 g/mol. The first kappa shape index (κ1) is 11.9. The average Bonchev–Trinajstić information content (AvgIpc) is 2.05. The maximum atomic E-state index is 10.7. The van der Waals surface area contributed by atoms with Gasteiger partial charge in [-0.15, -0.1) is 3.98 Å². The van der Waals surface area contributed by atoms with Gasteiger partial charge in [-0.2, -0.15) is 0 Å². The van der Waals surface area contributed by atoms with Crippen LogP contribution in [-0.4, -0.2) is 5.97 Å². The summed E-state index contributed by atoms with van der Waals surface area (Å²) >= 11 is 2.54. The van der Waals surface area contributed by atoms with Gasteiger partial charge in [0.15, 0.2) is 16.3 Å². The van der Waals surface area contributed by atoms with Crippen LogP contribution in [0.5, 0.6) is 0 Å². The molecule has 3 nitrogen and oxygen atoms in total. The normalized spacial score (nSPS) is 9.83. The molecule has 0 aliphatic rings. The first-order valence-electron chi connectivity index (χ1n) is 4.29. The molecule has 12 heavy (non-hydrogen) atoms. The van der Waals surface area contributed by atoms with E-state index in [-0.39, 0.29) is 5.97 Å². The van der Waals surface area contributed by atoms with E-state index in [9.17, 15) is 4.79 Å². The number of halogens is 1. The third-order valence-corrected chi connectivity index (χ3v) is 1.74. The zero-order chi connectivity index (χ0) is 9.23. The molecule has 0 rings (SSSR count). The lowest BCUT2D eigenvalue weighted by atomic mass is 10.1. The highest BCUT2D eigenvalue weighted by molar-refractivity contribution is 9.05. The maximum Gasteiger partial charge on any atom is 0.343 e. The van der Waals surface area contributed by atoms with E-state index in [0.29, 0.717) is 6.42 Å². The third kappa shape index (κ3) is 8.01. The van der Waals surface area contributed by atoms with Crippen molar-refractivity contribution in [1.82, 2.24) is 0 Å². The Morgan fingerprint density at radius 2 is 1.92 bits per heavy atom. The molecule has 0 heterocycles.